The molecule has 126 valence electrons. The molecular weight excluding hydrogens is 326 g/mol. The molecule has 2 aromatic rings. The van der Waals surface area contributed by atoms with E-state index in [4.69, 9.17) is 0 Å². The summed E-state index contributed by atoms with van der Waals surface area (Å²) in [6, 6.07) is 1.86. The fourth-order valence-electron chi connectivity index (χ4n) is 2.58. The lowest BCUT2D eigenvalue weighted by molar-refractivity contribution is 0.0638. The molecule has 0 atom stereocenters. The molecule has 7 nitrogen and oxygen atoms in total. The monoisotopic (exact) mass is 345 g/mol. The summed E-state index contributed by atoms with van der Waals surface area (Å²) in [7, 11) is 0. The Hall–Kier alpha value is -2.32. The number of rotatable bonds is 5. The van der Waals surface area contributed by atoms with E-state index < -0.39 is 0 Å². The Balaban J connectivity index is 1.38. The number of nitrogens with one attached hydrogen (secondary N) is 1. The van der Waals surface area contributed by atoms with E-state index in [1.165, 1.54) is 29.9 Å². The lowest BCUT2D eigenvalue weighted by Gasteiger charge is -2.34. The third kappa shape index (κ3) is 4.15. The van der Waals surface area contributed by atoms with E-state index >= 15 is 0 Å². The van der Waals surface area contributed by atoms with Gasteiger partial charge in [0.25, 0.3) is 11.8 Å². The van der Waals surface area contributed by atoms with E-state index in [-0.39, 0.29) is 11.8 Å². The Morgan fingerprint density at radius 1 is 1.21 bits per heavy atom. The maximum atomic E-state index is 12.3. The topological polar surface area (TPSA) is 78.4 Å². The predicted octanol–water partition coefficient (Wildman–Crippen LogP) is 0.726. The summed E-state index contributed by atoms with van der Waals surface area (Å²) >= 11 is 1.54. The van der Waals surface area contributed by atoms with Gasteiger partial charge in [0.05, 0.1) is 11.8 Å². The van der Waals surface area contributed by atoms with Crippen molar-refractivity contribution < 1.29 is 9.59 Å². The first-order valence-electron chi connectivity index (χ1n) is 7.82. The van der Waals surface area contributed by atoms with Crippen molar-refractivity contribution in [3.8, 4) is 0 Å². The van der Waals surface area contributed by atoms with Crippen LogP contribution in [0.1, 0.15) is 20.8 Å². The minimum atomic E-state index is -0.214. The number of aromatic nitrogens is 2. The van der Waals surface area contributed by atoms with Crippen molar-refractivity contribution in [2.24, 2.45) is 0 Å². The Kier molecular flexibility index (Phi) is 5.50. The van der Waals surface area contributed by atoms with Crippen molar-refractivity contribution in [1.29, 1.82) is 0 Å². The number of carbonyl (C=O) groups excluding carboxylic acids is 2. The molecule has 0 radical (unpaired) electrons. The highest BCUT2D eigenvalue weighted by Crippen LogP contribution is 2.11. The van der Waals surface area contributed by atoms with Gasteiger partial charge >= 0.3 is 0 Å². The molecule has 2 aromatic heterocycles. The third-order valence-corrected chi connectivity index (χ3v) is 4.62. The third-order valence-electron chi connectivity index (χ3n) is 3.94. The molecule has 1 aliphatic rings. The van der Waals surface area contributed by atoms with Crippen LogP contribution in [-0.2, 0) is 0 Å². The molecule has 2 amide bonds. The summed E-state index contributed by atoms with van der Waals surface area (Å²) < 4.78 is 0. The zero-order chi connectivity index (χ0) is 16.8. The molecule has 0 saturated carbocycles. The number of hydrogen-bond donors (Lipinski definition) is 1. The average molecular weight is 345 g/mol. The standard InChI is InChI=1S/C16H19N5O2S/c22-15(14-11-17-2-3-18-14)19-4-5-20-6-8-21(9-7-20)16(23)13-1-10-24-12-13/h1-3,10-12H,4-9H2,(H,19,22). The van der Waals surface area contributed by atoms with Gasteiger partial charge in [-0.2, -0.15) is 11.3 Å². The number of piperazine rings is 1. The van der Waals surface area contributed by atoms with Gasteiger partial charge in [-0.15, -0.1) is 0 Å². The van der Waals surface area contributed by atoms with Gasteiger partial charge in [0, 0.05) is 57.0 Å². The fourth-order valence-corrected chi connectivity index (χ4v) is 3.21. The van der Waals surface area contributed by atoms with Crippen molar-refractivity contribution in [3.63, 3.8) is 0 Å². The van der Waals surface area contributed by atoms with Gasteiger partial charge in [0.15, 0.2) is 0 Å². The minimum Gasteiger partial charge on any atom is -0.349 e. The highest BCUT2D eigenvalue weighted by atomic mass is 32.1. The van der Waals surface area contributed by atoms with Crippen molar-refractivity contribution in [3.05, 3.63) is 46.7 Å². The van der Waals surface area contributed by atoms with Crippen molar-refractivity contribution >= 4 is 23.2 Å². The molecule has 0 spiro atoms. The zero-order valence-electron chi connectivity index (χ0n) is 13.2. The predicted molar refractivity (Wildman–Crippen MR) is 91.0 cm³/mol. The Morgan fingerprint density at radius 2 is 2.04 bits per heavy atom. The van der Waals surface area contributed by atoms with Gasteiger partial charge in [-0.3, -0.25) is 19.5 Å². The molecule has 0 aliphatic carbocycles. The summed E-state index contributed by atoms with van der Waals surface area (Å²) in [5.41, 5.74) is 1.09. The van der Waals surface area contributed by atoms with E-state index in [0.717, 1.165) is 25.2 Å². The summed E-state index contributed by atoms with van der Waals surface area (Å²) in [4.78, 5) is 36.1. The highest BCUT2D eigenvalue weighted by molar-refractivity contribution is 7.08. The molecule has 24 heavy (non-hydrogen) atoms. The summed E-state index contributed by atoms with van der Waals surface area (Å²) in [6.07, 6.45) is 4.48. The van der Waals surface area contributed by atoms with Crippen LogP contribution in [-0.4, -0.2) is 70.9 Å². The van der Waals surface area contributed by atoms with E-state index in [2.05, 4.69) is 20.2 Å². The molecular formula is C16H19N5O2S. The Bertz CT molecular complexity index is 669. The van der Waals surface area contributed by atoms with Crippen LogP contribution in [0.5, 0.6) is 0 Å². The molecule has 0 unspecified atom stereocenters. The zero-order valence-corrected chi connectivity index (χ0v) is 14.0. The number of thiophene rings is 1. The van der Waals surface area contributed by atoms with Crippen molar-refractivity contribution in [2.45, 2.75) is 0 Å². The Labute approximate surface area is 144 Å². The molecule has 1 N–H and O–H groups in total. The van der Waals surface area contributed by atoms with Crippen LogP contribution in [0.25, 0.3) is 0 Å². The van der Waals surface area contributed by atoms with Crippen LogP contribution >= 0.6 is 11.3 Å². The quantitative estimate of drug-likeness (QED) is 0.864. The fraction of sp³-hybridized carbons (Fsp3) is 0.375. The van der Waals surface area contributed by atoms with E-state index in [1.807, 2.05) is 21.7 Å². The Morgan fingerprint density at radius 3 is 2.71 bits per heavy atom. The van der Waals surface area contributed by atoms with Gasteiger partial charge in [-0.1, -0.05) is 0 Å². The number of amides is 2. The van der Waals surface area contributed by atoms with E-state index in [1.54, 1.807) is 0 Å². The first-order chi connectivity index (χ1) is 11.7. The van der Waals surface area contributed by atoms with E-state index in [0.29, 0.717) is 25.3 Å². The summed E-state index contributed by atoms with van der Waals surface area (Å²) in [5.74, 6) is -0.110. The first-order valence-corrected chi connectivity index (χ1v) is 8.76. The van der Waals surface area contributed by atoms with Crippen LogP contribution < -0.4 is 5.32 Å². The lowest BCUT2D eigenvalue weighted by Crippen LogP contribution is -2.50. The van der Waals surface area contributed by atoms with Gasteiger partial charge < -0.3 is 10.2 Å². The summed E-state index contributed by atoms with van der Waals surface area (Å²) in [6.45, 7) is 4.37. The molecule has 0 aromatic carbocycles. The van der Waals surface area contributed by atoms with Crippen LogP contribution in [0, 0.1) is 0 Å². The van der Waals surface area contributed by atoms with Gasteiger partial charge in [-0.25, -0.2) is 4.98 Å². The molecule has 1 fully saturated rings. The summed E-state index contributed by atoms with van der Waals surface area (Å²) in [5, 5.41) is 6.65. The molecule has 3 heterocycles. The normalized spacial score (nSPS) is 15.2. The van der Waals surface area contributed by atoms with Gasteiger partial charge in [-0.05, 0) is 11.4 Å². The maximum Gasteiger partial charge on any atom is 0.271 e. The molecule has 0 bridgehead atoms. The molecule has 3 rings (SSSR count). The largest absolute Gasteiger partial charge is 0.349 e. The molecule has 1 aliphatic heterocycles. The SMILES string of the molecule is O=C(NCCN1CCN(C(=O)c2ccsc2)CC1)c1cnccn1. The minimum absolute atomic E-state index is 0.104. The van der Waals surface area contributed by atoms with Crippen molar-refractivity contribution in [2.75, 3.05) is 39.3 Å². The maximum absolute atomic E-state index is 12.3. The lowest BCUT2D eigenvalue weighted by atomic mass is 10.2. The second-order valence-electron chi connectivity index (χ2n) is 5.49. The highest BCUT2D eigenvalue weighted by Gasteiger charge is 2.22. The van der Waals surface area contributed by atoms with E-state index in [9.17, 15) is 9.59 Å². The molecule has 1 saturated heterocycles. The smallest absolute Gasteiger partial charge is 0.271 e. The van der Waals surface area contributed by atoms with Gasteiger partial charge in [0.1, 0.15) is 5.69 Å². The number of carbonyl (C=O) groups is 2. The van der Waals surface area contributed by atoms with Crippen molar-refractivity contribution in [1.82, 2.24) is 25.1 Å². The van der Waals surface area contributed by atoms with Crippen LogP contribution in [0.15, 0.2) is 35.4 Å². The first kappa shape index (κ1) is 16.5. The number of nitrogens with zero attached hydrogens (tertiary/aromatic N) is 4. The molecule has 8 heteroatoms. The van der Waals surface area contributed by atoms with Crippen LogP contribution in [0.2, 0.25) is 0 Å². The van der Waals surface area contributed by atoms with Crippen LogP contribution in [0.3, 0.4) is 0 Å². The second-order valence-corrected chi connectivity index (χ2v) is 6.27. The second kappa shape index (κ2) is 7.98. The van der Waals surface area contributed by atoms with Gasteiger partial charge in [0.2, 0.25) is 0 Å². The van der Waals surface area contributed by atoms with Crippen LogP contribution in [0.4, 0.5) is 0 Å². The number of hydrogen-bond acceptors (Lipinski definition) is 6. The average Bonchev–Trinajstić information content (AvgIpc) is 3.17.